The van der Waals surface area contributed by atoms with Crippen LogP contribution < -0.4 is 4.72 Å². The van der Waals surface area contributed by atoms with Gasteiger partial charge < -0.3 is 0 Å². The number of nitrogens with zero attached hydrogens (tertiary/aromatic N) is 2. The second-order valence-corrected chi connectivity index (χ2v) is 6.75. The molecule has 0 amide bonds. The van der Waals surface area contributed by atoms with Gasteiger partial charge >= 0.3 is 0 Å². The molecular weight excluding hydrogens is 306 g/mol. The number of hydrogen-bond donors (Lipinski definition) is 1. The summed E-state index contributed by atoms with van der Waals surface area (Å²) in [5.41, 5.74) is 2.03. The predicted octanol–water partition coefficient (Wildman–Crippen LogP) is 1.59. The van der Waals surface area contributed by atoms with Gasteiger partial charge in [-0.15, -0.1) is 0 Å². The van der Waals surface area contributed by atoms with E-state index in [-0.39, 0.29) is 5.75 Å². The molecule has 1 aromatic heterocycles. The van der Waals surface area contributed by atoms with Gasteiger partial charge in [-0.3, -0.25) is 4.68 Å². The summed E-state index contributed by atoms with van der Waals surface area (Å²) in [6, 6.07) is 0. The average molecular weight is 324 g/mol. The van der Waals surface area contributed by atoms with E-state index in [1.807, 2.05) is 18.5 Å². The van der Waals surface area contributed by atoms with Gasteiger partial charge in [0.1, 0.15) is 0 Å². The van der Waals surface area contributed by atoms with Crippen molar-refractivity contribution in [3.05, 3.63) is 15.9 Å². The van der Waals surface area contributed by atoms with E-state index in [1.54, 1.807) is 6.92 Å². The molecule has 1 heterocycles. The van der Waals surface area contributed by atoms with Crippen LogP contribution in [0.2, 0.25) is 0 Å². The number of hydrogen-bond acceptors (Lipinski definition) is 3. The van der Waals surface area contributed by atoms with Crippen molar-refractivity contribution in [1.29, 1.82) is 0 Å². The minimum Gasteiger partial charge on any atom is -0.268 e. The maximum absolute atomic E-state index is 11.2. The number of halogens is 1. The highest BCUT2D eigenvalue weighted by atomic mass is 79.9. The van der Waals surface area contributed by atoms with Gasteiger partial charge in [0.05, 0.1) is 15.9 Å². The van der Waals surface area contributed by atoms with Crippen LogP contribution in [0.5, 0.6) is 0 Å². The lowest BCUT2D eigenvalue weighted by atomic mass is 10.4. The Morgan fingerprint density at radius 1 is 1.41 bits per heavy atom. The highest BCUT2D eigenvalue weighted by Gasteiger charge is 2.09. The minimum atomic E-state index is -3.08. The van der Waals surface area contributed by atoms with Crippen LogP contribution in [-0.2, 0) is 16.6 Å². The highest BCUT2D eigenvalue weighted by molar-refractivity contribution is 9.10. The molecule has 0 aliphatic rings. The summed E-state index contributed by atoms with van der Waals surface area (Å²) in [6.45, 7) is 6.71. The normalized spacial score (nSPS) is 12.0. The van der Waals surface area contributed by atoms with Crippen LogP contribution in [0.1, 0.15) is 24.7 Å². The summed E-state index contributed by atoms with van der Waals surface area (Å²) in [7, 11) is -3.08. The maximum Gasteiger partial charge on any atom is 0.211 e. The van der Waals surface area contributed by atoms with Crippen molar-refractivity contribution < 1.29 is 8.42 Å². The Balaban J connectivity index is 2.44. The third-order valence-corrected chi connectivity index (χ3v) is 5.09. The van der Waals surface area contributed by atoms with Gasteiger partial charge in [0.25, 0.3) is 0 Å². The fourth-order valence-corrected chi connectivity index (χ4v) is 2.39. The third kappa shape index (κ3) is 4.08. The first-order chi connectivity index (χ1) is 7.87. The largest absolute Gasteiger partial charge is 0.268 e. The maximum atomic E-state index is 11.2. The number of aromatic nitrogens is 2. The zero-order valence-electron chi connectivity index (χ0n) is 10.3. The molecule has 7 heteroatoms. The van der Waals surface area contributed by atoms with Crippen LogP contribution in [0, 0.1) is 13.8 Å². The molecule has 0 fully saturated rings. The lowest BCUT2D eigenvalue weighted by Crippen LogP contribution is -2.27. The van der Waals surface area contributed by atoms with Crippen LogP contribution in [-0.4, -0.2) is 30.5 Å². The van der Waals surface area contributed by atoms with Crippen LogP contribution in [0.4, 0.5) is 0 Å². The summed E-state index contributed by atoms with van der Waals surface area (Å²) in [4.78, 5) is 0. The Kier molecular flexibility index (Phi) is 5.15. The van der Waals surface area contributed by atoms with E-state index in [2.05, 4.69) is 25.8 Å². The van der Waals surface area contributed by atoms with Crippen molar-refractivity contribution >= 4 is 26.0 Å². The molecule has 0 spiro atoms. The molecule has 0 atom stereocenters. The van der Waals surface area contributed by atoms with E-state index >= 15 is 0 Å². The summed E-state index contributed by atoms with van der Waals surface area (Å²) >= 11 is 3.46. The van der Waals surface area contributed by atoms with Crippen LogP contribution >= 0.6 is 15.9 Å². The van der Waals surface area contributed by atoms with Crippen LogP contribution in [0.25, 0.3) is 0 Å². The molecule has 0 saturated heterocycles. The second-order valence-electron chi connectivity index (χ2n) is 3.86. The van der Waals surface area contributed by atoms with Gasteiger partial charge in [-0.25, -0.2) is 13.1 Å². The van der Waals surface area contributed by atoms with E-state index in [0.29, 0.717) is 13.1 Å². The van der Waals surface area contributed by atoms with Gasteiger partial charge in [0.15, 0.2) is 0 Å². The lowest BCUT2D eigenvalue weighted by Gasteiger charge is -2.06. The summed E-state index contributed by atoms with van der Waals surface area (Å²) < 4.78 is 27.8. The van der Waals surface area contributed by atoms with Crippen molar-refractivity contribution in [3.8, 4) is 0 Å². The van der Waals surface area contributed by atoms with Crippen molar-refractivity contribution in [1.82, 2.24) is 14.5 Å². The molecule has 1 rings (SSSR count). The van der Waals surface area contributed by atoms with E-state index in [4.69, 9.17) is 0 Å². The highest BCUT2D eigenvalue weighted by Crippen LogP contribution is 2.19. The fourth-order valence-electron chi connectivity index (χ4n) is 1.45. The summed E-state index contributed by atoms with van der Waals surface area (Å²) in [5, 5.41) is 4.36. The molecule has 98 valence electrons. The van der Waals surface area contributed by atoms with E-state index < -0.39 is 10.0 Å². The topological polar surface area (TPSA) is 64.0 Å². The number of aryl methyl sites for hydroxylation is 2. The Morgan fingerprint density at radius 3 is 2.53 bits per heavy atom. The SMILES string of the molecule is CCS(=O)(=O)NCCCn1nc(C)c(Br)c1C. The molecular formula is C10H18BrN3O2S. The average Bonchev–Trinajstić information content (AvgIpc) is 2.52. The third-order valence-electron chi connectivity index (χ3n) is 2.54. The smallest absolute Gasteiger partial charge is 0.211 e. The van der Waals surface area contributed by atoms with Gasteiger partial charge in [0, 0.05) is 18.8 Å². The minimum absolute atomic E-state index is 0.123. The van der Waals surface area contributed by atoms with Crippen LogP contribution in [0.3, 0.4) is 0 Å². The predicted molar refractivity (Wildman–Crippen MR) is 71.5 cm³/mol. The molecule has 0 bridgehead atoms. The first-order valence-electron chi connectivity index (χ1n) is 5.54. The van der Waals surface area contributed by atoms with E-state index in [9.17, 15) is 8.42 Å². The Labute approximate surface area is 111 Å². The Bertz CT molecular complexity index is 482. The van der Waals surface area contributed by atoms with Gasteiger partial charge in [-0.05, 0) is 43.1 Å². The van der Waals surface area contributed by atoms with Crippen LogP contribution in [0.15, 0.2) is 4.47 Å². The molecule has 1 aromatic rings. The number of nitrogens with one attached hydrogen (secondary N) is 1. The molecule has 5 nitrogen and oxygen atoms in total. The lowest BCUT2D eigenvalue weighted by molar-refractivity contribution is 0.544. The van der Waals surface area contributed by atoms with Gasteiger partial charge in [0.2, 0.25) is 10.0 Å². The van der Waals surface area contributed by atoms with Crippen molar-refractivity contribution in [2.45, 2.75) is 33.7 Å². The molecule has 0 aliphatic heterocycles. The zero-order valence-corrected chi connectivity index (χ0v) is 12.7. The fraction of sp³-hybridized carbons (Fsp3) is 0.700. The number of sulfonamides is 1. The van der Waals surface area contributed by atoms with Crippen molar-refractivity contribution in [3.63, 3.8) is 0 Å². The number of rotatable bonds is 6. The quantitative estimate of drug-likeness (QED) is 0.808. The first-order valence-corrected chi connectivity index (χ1v) is 7.98. The van der Waals surface area contributed by atoms with E-state index in [1.165, 1.54) is 0 Å². The molecule has 0 aliphatic carbocycles. The first kappa shape index (κ1) is 14.7. The summed E-state index contributed by atoms with van der Waals surface area (Å²) in [5.74, 6) is 0.123. The Hall–Kier alpha value is -0.400. The van der Waals surface area contributed by atoms with Gasteiger partial charge in [-0.2, -0.15) is 5.10 Å². The molecule has 0 unspecified atom stereocenters. The second kappa shape index (κ2) is 5.97. The molecule has 17 heavy (non-hydrogen) atoms. The summed E-state index contributed by atoms with van der Waals surface area (Å²) in [6.07, 6.45) is 0.730. The zero-order chi connectivity index (χ0) is 13.1. The molecule has 0 aromatic carbocycles. The monoisotopic (exact) mass is 323 g/mol. The molecule has 0 radical (unpaired) electrons. The Morgan fingerprint density at radius 2 is 2.06 bits per heavy atom. The van der Waals surface area contributed by atoms with E-state index in [0.717, 1.165) is 22.3 Å². The standard InChI is InChI=1S/C10H18BrN3O2S/c1-4-17(15,16)12-6-5-7-14-9(3)10(11)8(2)13-14/h12H,4-7H2,1-3H3. The van der Waals surface area contributed by atoms with Gasteiger partial charge in [-0.1, -0.05) is 0 Å². The van der Waals surface area contributed by atoms with Crippen molar-refractivity contribution in [2.75, 3.05) is 12.3 Å². The molecule has 0 saturated carbocycles. The van der Waals surface area contributed by atoms with Crippen molar-refractivity contribution in [2.24, 2.45) is 0 Å². The molecule has 1 N–H and O–H groups in total.